The summed E-state index contributed by atoms with van der Waals surface area (Å²) in [6, 6.07) is 11.0. The smallest absolute Gasteiger partial charge is 0.206 e. The number of tetrazole rings is 1. The van der Waals surface area contributed by atoms with Gasteiger partial charge in [0.25, 0.3) is 0 Å². The highest BCUT2D eigenvalue weighted by Gasteiger charge is 2.10. The van der Waals surface area contributed by atoms with Crippen molar-refractivity contribution in [1.29, 1.82) is 0 Å². The second-order valence-electron chi connectivity index (χ2n) is 5.21. The van der Waals surface area contributed by atoms with Crippen molar-refractivity contribution in [2.45, 2.75) is 19.3 Å². The quantitative estimate of drug-likeness (QED) is 0.704. The van der Waals surface area contributed by atoms with Gasteiger partial charge in [0.05, 0.1) is 25.9 Å². The number of ether oxygens (including phenoxy) is 1. The normalized spacial score (nSPS) is 12.2. The first-order valence-electron chi connectivity index (χ1n) is 7.39. The highest BCUT2D eigenvalue weighted by atomic mass is 35.5. The van der Waals surface area contributed by atoms with Crippen molar-refractivity contribution >= 4 is 11.6 Å². The molecule has 0 fully saturated rings. The molecule has 2 heterocycles. The fourth-order valence-corrected chi connectivity index (χ4v) is 2.19. The third kappa shape index (κ3) is 4.58. The van der Waals surface area contributed by atoms with Crippen LogP contribution in [0.2, 0.25) is 5.02 Å². The van der Waals surface area contributed by atoms with Crippen LogP contribution in [0.5, 0.6) is 0 Å². The van der Waals surface area contributed by atoms with Crippen molar-refractivity contribution in [2.75, 3.05) is 6.61 Å². The van der Waals surface area contributed by atoms with E-state index in [4.69, 9.17) is 16.3 Å². The molecule has 0 amide bonds. The Bertz CT molecular complexity index is 764. The van der Waals surface area contributed by atoms with E-state index in [9.17, 15) is 5.11 Å². The van der Waals surface area contributed by atoms with Crippen LogP contribution in [0.25, 0.3) is 11.4 Å². The number of aromatic nitrogens is 5. The molecule has 0 spiro atoms. The first-order valence-corrected chi connectivity index (χ1v) is 7.77. The number of hydrogen-bond donors (Lipinski definition) is 1. The van der Waals surface area contributed by atoms with Gasteiger partial charge in [-0.2, -0.15) is 4.80 Å². The molecule has 0 bridgehead atoms. The maximum Gasteiger partial charge on any atom is 0.206 e. The lowest BCUT2D eigenvalue weighted by atomic mass is 10.2. The Kier molecular flexibility index (Phi) is 5.47. The molecule has 3 rings (SSSR count). The van der Waals surface area contributed by atoms with Gasteiger partial charge in [-0.15, -0.1) is 10.2 Å². The molecule has 8 heteroatoms. The molecular formula is C16H16ClN5O2. The number of hydrogen-bond acceptors (Lipinski definition) is 6. The van der Waals surface area contributed by atoms with E-state index in [1.54, 1.807) is 30.6 Å². The van der Waals surface area contributed by atoms with Crippen LogP contribution in [0, 0.1) is 0 Å². The van der Waals surface area contributed by atoms with Gasteiger partial charge in [-0.25, -0.2) is 0 Å². The zero-order valence-electron chi connectivity index (χ0n) is 12.8. The van der Waals surface area contributed by atoms with Crippen molar-refractivity contribution in [3.05, 3.63) is 59.4 Å². The largest absolute Gasteiger partial charge is 0.389 e. The Morgan fingerprint density at radius 1 is 1.21 bits per heavy atom. The number of aliphatic hydroxyl groups is 1. The van der Waals surface area contributed by atoms with Gasteiger partial charge < -0.3 is 9.84 Å². The van der Waals surface area contributed by atoms with Crippen LogP contribution >= 0.6 is 11.6 Å². The van der Waals surface area contributed by atoms with E-state index in [2.05, 4.69) is 20.4 Å². The highest BCUT2D eigenvalue weighted by molar-refractivity contribution is 6.30. The highest BCUT2D eigenvalue weighted by Crippen LogP contribution is 2.11. The Hall–Kier alpha value is -2.35. The average molecular weight is 346 g/mol. The van der Waals surface area contributed by atoms with Gasteiger partial charge in [0.15, 0.2) is 0 Å². The molecule has 0 radical (unpaired) electrons. The van der Waals surface area contributed by atoms with Crippen molar-refractivity contribution in [3.8, 4) is 11.4 Å². The maximum absolute atomic E-state index is 10.0. The second kappa shape index (κ2) is 7.96. The molecule has 7 nitrogen and oxygen atoms in total. The van der Waals surface area contributed by atoms with Crippen LogP contribution in [-0.2, 0) is 17.9 Å². The number of pyridine rings is 1. The summed E-state index contributed by atoms with van der Waals surface area (Å²) in [6.45, 7) is 0.778. The van der Waals surface area contributed by atoms with E-state index in [0.717, 1.165) is 11.1 Å². The molecule has 0 aliphatic heterocycles. The summed E-state index contributed by atoms with van der Waals surface area (Å²) in [5.74, 6) is 0.470. The molecule has 0 saturated heterocycles. The minimum atomic E-state index is -0.728. The summed E-state index contributed by atoms with van der Waals surface area (Å²) in [6.07, 6.45) is 2.61. The zero-order chi connectivity index (χ0) is 16.8. The van der Waals surface area contributed by atoms with E-state index < -0.39 is 6.10 Å². The van der Waals surface area contributed by atoms with Crippen LogP contribution in [0.15, 0.2) is 48.8 Å². The lowest BCUT2D eigenvalue weighted by Gasteiger charge is -2.10. The van der Waals surface area contributed by atoms with E-state index in [0.29, 0.717) is 17.5 Å². The summed E-state index contributed by atoms with van der Waals surface area (Å²) in [5.41, 5.74) is 1.77. The standard InChI is InChI=1S/C16H16ClN5O2/c17-14-5-3-12(4-6-14)10-24-11-15(23)9-22-20-16(19-21-22)13-2-1-7-18-8-13/h1-8,15,23H,9-11H2. The molecule has 1 aromatic carbocycles. The Morgan fingerprint density at radius 2 is 2.04 bits per heavy atom. The molecule has 124 valence electrons. The second-order valence-corrected chi connectivity index (χ2v) is 5.64. The molecule has 0 aliphatic rings. The molecule has 24 heavy (non-hydrogen) atoms. The number of benzene rings is 1. The van der Waals surface area contributed by atoms with Crippen LogP contribution in [-0.4, -0.2) is 43.0 Å². The Morgan fingerprint density at radius 3 is 2.79 bits per heavy atom. The van der Waals surface area contributed by atoms with E-state index in [1.807, 2.05) is 18.2 Å². The fourth-order valence-electron chi connectivity index (χ4n) is 2.07. The van der Waals surface area contributed by atoms with Gasteiger partial charge in [-0.05, 0) is 35.0 Å². The Balaban J connectivity index is 1.47. The lowest BCUT2D eigenvalue weighted by Crippen LogP contribution is -2.23. The maximum atomic E-state index is 10.0. The molecule has 1 atom stereocenters. The number of nitrogens with zero attached hydrogens (tertiary/aromatic N) is 5. The zero-order valence-corrected chi connectivity index (χ0v) is 13.5. The van der Waals surface area contributed by atoms with Crippen LogP contribution in [0.1, 0.15) is 5.56 Å². The third-order valence-electron chi connectivity index (χ3n) is 3.24. The van der Waals surface area contributed by atoms with E-state index in [1.165, 1.54) is 4.80 Å². The lowest BCUT2D eigenvalue weighted by molar-refractivity contribution is 0.0165. The molecule has 0 saturated carbocycles. The first-order chi connectivity index (χ1) is 11.7. The summed E-state index contributed by atoms with van der Waals surface area (Å²) in [5, 5.41) is 22.8. The summed E-state index contributed by atoms with van der Waals surface area (Å²) in [7, 11) is 0. The van der Waals surface area contributed by atoms with Crippen molar-refractivity contribution in [2.24, 2.45) is 0 Å². The van der Waals surface area contributed by atoms with Crippen molar-refractivity contribution < 1.29 is 9.84 Å². The van der Waals surface area contributed by atoms with Gasteiger partial charge in [0.2, 0.25) is 5.82 Å². The summed E-state index contributed by atoms with van der Waals surface area (Å²) >= 11 is 5.83. The monoisotopic (exact) mass is 345 g/mol. The topological polar surface area (TPSA) is 86.0 Å². The molecular weight excluding hydrogens is 330 g/mol. The van der Waals surface area contributed by atoms with Crippen molar-refractivity contribution in [1.82, 2.24) is 25.2 Å². The molecule has 2 aromatic heterocycles. The van der Waals surface area contributed by atoms with Gasteiger partial charge in [-0.3, -0.25) is 4.98 Å². The average Bonchev–Trinajstić information content (AvgIpc) is 3.06. The molecule has 1 unspecified atom stereocenters. The van der Waals surface area contributed by atoms with Crippen LogP contribution < -0.4 is 0 Å². The van der Waals surface area contributed by atoms with Crippen LogP contribution in [0.3, 0.4) is 0 Å². The number of halogens is 1. The third-order valence-corrected chi connectivity index (χ3v) is 3.49. The molecule has 0 aliphatic carbocycles. The minimum absolute atomic E-state index is 0.173. The van der Waals surface area contributed by atoms with Gasteiger partial charge in [0, 0.05) is 23.0 Å². The van der Waals surface area contributed by atoms with Gasteiger partial charge in [0.1, 0.15) is 0 Å². The SMILES string of the molecule is OC(COCc1ccc(Cl)cc1)Cn1nnc(-c2cccnc2)n1. The van der Waals surface area contributed by atoms with E-state index in [-0.39, 0.29) is 13.2 Å². The van der Waals surface area contributed by atoms with Crippen molar-refractivity contribution in [3.63, 3.8) is 0 Å². The van der Waals surface area contributed by atoms with E-state index >= 15 is 0 Å². The first kappa shape index (κ1) is 16.5. The van der Waals surface area contributed by atoms with Gasteiger partial charge in [-0.1, -0.05) is 23.7 Å². The molecule has 1 N–H and O–H groups in total. The van der Waals surface area contributed by atoms with Gasteiger partial charge >= 0.3 is 0 Å². The number of aliphatic hydroxyl groups excluding tert-OH is 1. The molecule has 3 aromatic rings. The van der Waals surface area contributed by atoms with Crippen LogP contribution in [0.4, 0.5) is 0 Å². The predicted molar refractivity (Wildman–Crippen MR) is 88.2 cm³/mol. The minimum Gasteiger partial charge on any atom is -0.389 e. The number of rotatable bonds is 7. The Labute approximate surface area is 143 Å². The summed E-state index contributed by atoms with van der Waals surface area (Å²) < 4.78 is 5.49. The summed E-state index contributed by atoms with van der Waals surface area (Å²) in [4.78, 5) is 5.36. The fraction of sp³-hybridized carbons (Fsp3) is 0.250. The predicted octanol–water partition coefficient (Wildman–Crippen LogP) is 1.97.